The predicted molar refractivity (Wildman–Crippen MR) is 117 cm³/mol. The van der Waals surface area contributed by atoms with E-state index in [1.165, 1.54) is 16.4 Å². The highest BCUT2D eigenvalue weighted by molar-refractivity contribution is 7.89. The smallest absolute Gasteiger partial charge is 0.343 e. The fourth-order valence-corrected chi connectivity index (χ4v) is 4.94. The maximum absolute atomic E-state index is 12.7. The summed E-state index contributed by atoms with van der Waals surface area (Å²) in [4.78, 5) is 12.7. The van der Waals surface area contributed by atoms with Gasteiger partial charge < -0.3 is 9.47 Å². The number of sulfonamides is 1. The predicted octanol–water partition coefficient (Wildman–Crippen LogP) is 4.27. The van der Waals surface area contributed by atoms with Gasteiger partial charge in [0.15, 0.2) is 0 Å². The number of benzene rings is 3. The Morgan fingerprint density at radius 3 is 2.23 bits per heavy atom. The Bertz CT molecular complexity index is 1140. The first-order valence-corrected chi connectivity index (χ1v) is 11.6. The van der Waals surface area contributed by atoms with Gasteiger partial charge in [-0.25, -0.2) is 13.2 Å². The molecule has 0 bridgehead atoms. The number of carbonyl (C=O) groups excluding carboxylic acids is 1. The third-order valence-corrected chi connectivity index (χ3v) is 6.95. The van der Waals surface area contributed by atoms with Crippen molar-refractivity contribution >= 4 is 16.0 Å². The summed E-state index contributed by atoms with van der Waals surface area (Å²) >= 11 is 0. The van der Waals surface area contributed by atoms with E-state index in [0.29, 0.717) is 31.2 Å². The highest BCUT2D eigenvalue weighted by Gasteiger charge is 2.27. The Balaban J connectivity index is 1.40. The molecule has 1 heterocycles. The molecule has 0 atom stereocenters. The molecule has 3 aromatic carbocycles. The van der Waals surface area contributed by atoms with Crippen LogP contribution in [0.1, 0.15) is 28.8 Å². The summed E-state index contributed by atoms with van der Waals surface area (Å²) in [5.41, 5.74) is 1.24. The maximum Gasteiger partial charge on any atom is 0.343 e. The van der Waals surface area contributed by atoms with Crippen molar-refractivity contribution in [3.63, 3.8) is 0 Å². The van der Waals surface area contributed by atoms with E-state index in [1.54, 1.807) is 36.4 Å². The molecule has 0 aliphatic carbocycles. The lowest BCUT2D eigenvalue weighted by Gasteiger charge is -2.15. The Morgan fingerprint density at radius 2 is 1.52 bits per heavy atom. The summed E-state index contributed by atoms with van der Waals surface area (Å²) in [5, 5.41) is 0. The molecule has 6 nitrogen and oxygen atoms in total. The van der Waals surface area contributed by atoms with Gasteiger partial charge in [0.1, 0.15) is 18.1 Å². The fourth-order valence-electron chi connectivity index (χ4n) is 3.37. The van der Waals surface area contributed by atoms with Crippen LogP contribution >= 0.6 is 0 Å². The quantitative estimate of drug-likeness (QED) is 0.408. The lowest BCUT2D eigenvalue weighted by molar-refractivity contribution is 0.0734. The van der Waals surface area contributed by atoms with Crippen LogP contribution in [0.15, 0.2) is 83.8 Å². The Labute approximate surface area is 182 Å². The second-order valence-electron chi connectivity index (χ2n) is 7.27. The third kappa shape index (κ3) is 5.13. The van der Waals surface area contributed by atoms with Crippen LogP contribution in [0.3, 0.4) is 0 Å². The Hall–Kier alpha value is -3.16. The highest BCUT2D eigenvalue weighted by atomic mass is 32.2. The molecule has 4 rings (SSSR count). The first-order chi connectivity index (χ1) is 15.0. The molecule has 1 aliphatic rings. The van der Waals surface area contributed by atoms with E-state index in [0.717, 1.165) is 18.4 Å². The minimum Gasteiger partial charge on any atom is -0.489 e. The topological polar surface area (TPSA) is 72.9 Å². The highest BCUT2D eigenvalue weighted by Crippen LogP contribution is 2.23. The number of nitrogens with zero attached hydrogens (tertiary/aromatic N) is 1. The van der Waals surface area contributed by atoms with Crippen LogP contribution in [0.5, 0.6) is 11.5 Å². The van der Waals surface area contributed by atoms with Crippen molar-refractivity contribution in [1.29, 1.82) is 0 Å². The van der Waals surface area contributed by atoms with Crippen LogP contribution in [0.2, 0.25) is 0 Å². The molecule has 31 heavy (non-hydrogen) atoms. The second kappa shape index (κ2) is 9.32. The molecular formula is C24H23NO5S. The molecule has 0 aromatic heterocycles. The van der Waals surface area contributed by atoms with E-state index >= 15 is 0 Å². The molecule has 1 aliphatic heterocycles. The molecule has 0 spiro atoms. The van der Waals surface area contributed by atoms with E-state index < -0.39 is 16.0 Å². The van der Waals surface area contributed by atoms with Gasteiger partial charge in [0.2, 0.25) is 10.0 Å². The lowest BCUT2D eigenvalue weighted by atomic mass is 10.2. The summed E-state index contributed by atoms with van der Waals surface area (Å²) < 4.78 is 38.0. The molecule has 0 unspecified atom stereocenters. The zero-order chi connectivity index (χ0) is 21.7. The first-order valence-electron chi connectivity index (χ1n) is 10.1. The maximum atomic E-state index is 12.7. The average molecular weight is 438 g/mol. The Morgan fingerprint density at radius 1 is 0.839 bits per heavy atom. The monoisotopic (exact) mass is 437 g/mol. The minimum absolute atomic E-state index is 0.105. The number of rotatable bonds is 7. The van der Waals surface area contributed by atoms with Gasteiger partial charge >= 0.3 is 5.97 Å². The molecule has 1 saturated heterocycles. The van der Waals surface area contributed by atoms with Gasteiger partial charge in [-0.05, 0) is 60.9 Å². The summed E-state index contributed by atoms with van der Waals surface area (Å²) in [7, 11) is -3.59. The summed E-state index contributed by atoms with van der Waals surface area (Å²) in [6, 6.07) is 22.5. The largest absolute Gasteiger partial charge is 0.489 e. The van der Waals surface area contributed by atoms with Gasteiger partial charge in [0.05, 0.1) is 10.5 Å². The van der Waals surface area contributed by atoms with Crippen LogP contribution in [-0.2, 0) is 16.6 Å². The van der Waals surface area contributed by atoms with Gasteiger partial charge in [-0.15, -0.1) is 0 Å². The standard InChI is InChI=1S/C24H23NO5S/c26-24(20-9-6-10-23(17-20)31(27,28)25-15-4-5-16-25)30-22-13-11-21(12-14-22)29-18-19-7-2-1-3-8-19/h1-3,6-14,17H,4-5,15-16,18H2. The van der Waals surface area contributed by atoms with Crippen LogP contribution in [0.4, 0.5) is 0 Å². The van der Waals surface area contributed by atoms with E-state index in [4.69, 9.17) is 9.47 Å². The molecule has 1 fully saturated rings. The van der Waals surface area contributed by atoms with Crippen LogP contribution in [0.25, 0.3) is 0 Å². The van der Waals surface area contributed by atoms with Crippen LogP contribution in [0, 0.1) is 0 Å². The third-order valence-electron chi connectivity index (χ3n) is 5.06. The van der Waals surface area contributed by atoms with E-state index in [9.17, 15) is 13.2 Å². The van der Waals surface area contributed by atoms with Crippen molar-refractivity contribution in [1.82, 2.24) is 4.31 Å². The molecule has 3 aromatic rings. The van der Waals surface area contributed by atoms with E-state index in [-0.39, 0.29) is 10.5 Å². The van der Waals surface area contributed by atoms with E-state index in [1.807, 2.05) is 30.3 Å². The zero-order valence-electron chi connectivity index (χ0n) is 16.9. The van der Waals surface area contributed by atoms with Crippen molar-refractivity contribution in [3.05, 3.63) is 90.0 Å². The summed E-state index contributed by atoms with van der Waals surface area (Å²) in [6.45, 7) is 1.46. The summed E-state index contributed by atoms with van der Waals surface area (Å²) in [5.74, 6) is 0.392. The number of ether oxygens (including phenoxy) is 2. The number of esters is 1. The normalized spacial score (nSPS) is 14.3. The molecule has 0 radical (unpaired) electrons. The lowest BCUT2D eigenvalue weighted by Crippen LogP contribution is -2.28. The van der Waals surface area contributed by atoms with Crippen molar-refractivity contribution < 1.29 is 22.7 Å². The molecule has 7 heteroatoms. The second-order valence-corrected chi connectivity index (χ2v) is 9.21. The van der Waals surface area contributed by atoms with Crippen LogP contribution in [-0.4, -0.2) is 31.8 Å². The average Bonchev–Trinajstić information content (AvgIpc) is 3.35. The molecular weight excluding hydrogens is 414 g/mol. The fraction of sp³-hybridized carbons (Fsp3) is 0.208. The van der Waals surface area contributed by atoms with Gasteiger partial charge in [0, 0.05) is 13.1 Å². The number of carbonyl (C=O) groups is 1. The SMILES string of the molecule is O=C(Oc1ccc(OCc2ccccc2)cc1)c1cccc(S(=O)(=O)N2CCCC2)c1. The van der Waals surface area contributed by atoms with Crippen LogP contribution < -0.4 is 9.47 Å². The zero-order valence-corrected chi connectivity index (χ0v) is 17.8. The van der Waals surface area contributed by atoms with Crippen molar-refractivity contribution in [3.8, 4) is 11.5 Å². The number of hydrogen-bond donors (Lipinski definition) is 0. The van der Waals surface area contributed by atoms with Crippen molar-refractivity contribution in [2.24, 2.45) is 0 Å². The van der Waals surface area contributed by atoms with Crippen molar-refractivity contribution in [2.75, 3.05) is 13.1 Å². The van der Waals surface area contributed by atoms with Gasteiger partial charge in [-0.2, -0.15) is 4.31 Å². The number of hydrogen-bond acceptors (Lipinski definition) is 5. The minimum atomic E-state index is -3.59. The molecule has 0 N–H and O–H groups in total. The van der Waals surface area contributed by atoms with E-state index in [2.05, 4.69) is 0 Å². The van der Waals surface area contributed by atoms with Gasteiger partial charge in [-0.3, -0.25) is 0 Å². The first kappa shape index (κ1) is 21.1. The summed E-state index contributed by atoms with van der Waals surface area (Å²) in [6.07, 6.45) is 1.71. The van der Waals surface area contributed by atoms with Gasteiger partial charge in [0.25, 0.3) is 0 Å². The Kier molecular flexibility index (Phi) is 6.34. The molecule has 0 amide bonds. The molecule has 0 saturated carbocycles. The van der Waals surface area contributed by atoms with Gasteiger partial charge in [-0.1, -0.05) is 36.4 Å². The van der Waals surface area contributed by atoms with Crippen molar-refractivity contribution in [2.45, 2.75) is 24.3 Å². The molecule has 160 valence electrons.